The second-order valence-corrected chi connectivity index (χ2v) is 3.65. The van der Waals surface area contributed by atoms with Crippen LogP contribution in [0, 0.1) is 0 Å². The topological polar surface area (TPSA) is 12.5 Å². The molecule has 0 aromatic heterocycles. The van der Waals surface area contributed by atoms with E-state index in [0.717, 1.165) is 19.4 Å². The second-order valence-electron chi connectivity index (χ2n) is 3.65. The summed E-state index contributed by atoms with van der Waals surface area (Å²) in [5.41, 5.74) is 0. The minimum absolute atomic E-state index is 0.352. The summed E-state index contributed by atoms with van der Waals surface area (Å²) >= 11 is 0. The highest BCUT2D eigenvalue weighted by Crippen LogP contribution is 2.06. The van der Waals surface area contributed by atoms with Gasteiger partial charge in [-0.3, -0.25) is 0 Å². The summed E-state index contributed by atoms with van der Waals surface area (Å²) in [5, 5.41) is 0. The lowest BCUT2D eigenvalue weighted by atomic mass is 10.2. The normalized spacial score (nSPS) is 14.2. The lowest BCUT2D eigenvalue weighted by Gasteiger charge is -2.22. The fourth-order valence-electron chi connectivity index (χ4n) is 1.37. The number of likely N-dealkylation sites (N-methyl/N-ethyl adjacent to an activating group) is 1. The van der Waals surface area contributed by atoms with E-state index < -0.39 is 0 Å². The van der Waals surface area contributed by atoms with E-state index in [2.05, 4.69) is 39.8 Å². The van der Waals surface area contributed by atoms with Gasteiger partial charge in [0.05, 0.1) is 12.2 Å². The maximum atomic E-state index is 5.82. The summed E-state index contributed by atoms with van der Waals surface area (Å²) in [6.07, 6.45) is 3.03. The molecule has 0 N–H and O–H groups in total. The molecule has 2 nitrogen and oxygen atoms in total. The van der Waals surface area contributed by atoms with Gasteiger partial charge in [-0.15, -0.1) is 0 Å². The first-order chi connectivity index (χ1) is 5.60. The fourth-order valence-corrected chi connectivity index (χ4v) is 1.37. The van der Waals surface area contributed by atoms with E-state index in [-0.39, 0.29) is 0 Å². The Balaban J connectivity index is 3.58. The van der Waals surface area contributed by atoms with Crippen LogP contribution in [0.3, 0.4) is 0 Å². The third-order valence-corrected chi connectivity index (χ3v) is 1.96. The number of hydrogen-bond acceptors (Lipinski definition) is 2. The van der Waals surface area contributed by atoms with Crippen LogP contribution in [0.2, 0.25) is 0 Å². The highest BCUT2D eigenvalue weighted by molar-refractivity contribution is 4.59. The minimum Gasteiger partial charge on any atom is -0.374 e. The summed E-state index contributed by atoms with van der Waals surface area (Å²) in [6, 6.07) is 0. The Bertz CT molecular complexity index is 100. The Morgan fingerprint density at radius 2 is 1.67 bits per heavy atom. The van der Waals surface area contributed by atoms with Crippen LogP contribution in [0.5, 0.6) is 0 Å². The van der Waals surface area contributed by atoms with Crippen molar-refractivity contribution in [3.8, 4) is 0 Å². The van der Waals surface area contributed by atoms with Crippen molar-refractivity contribution in [1.82, 2.24) is 4.90 Å². The van der Waals surface area contributed by atoms with Crippen molar-refractivity contribution >= 4 is 0 Å². The zero-order chi connectivity index (χ0) is 9.56. The van der Waals surface area contributed by atoms with Gasteiger partial charge in [0, 0.05) is 6.54 Å². The number of hydrogen-bond donors (Lipinski definition) is 0. The maximum Gasteiger partial charge on any atom is 0.0677 e. The van der Waals surface area contributed by atoms with Gasteiger partial charge in [-0.2, -0.15) is 0 Å². The van der Waals surface area contributed by atoms with Crippen molar-refractivity contribution in [2.45, 2.75) is 45.8 Å². The largest absolute Gasteiger partial charge is 0.374 e. The van der Waals surface area contributed by atoms with Crippen molar-refractivity contribution in [1.29, 1.82) is 0 Å². The van der Waals surface area contributed by atoms with E-state index in [1.54, 1.807) is 0 Å². The van der Waals surface area contributed by atoms with E-state index in [1.165, 1.54) is 0 Å². The van der Waals surface area contributed by atoms with Gasteiger partial charge >= 0.3 is 0 Å². The molecule has 0 aliphatic carbocycles. The van der Waals surface area contributed by atoms with Gasteiger partial charge in [-0.1, -0.05) is 13.8 Å². The Hall–Kier alpha value is -0.0800. The molecule has 1 unspecified atom stereocenters. The molecular weight excluding hydrogens is 150 g/mol. The van der Waals surface area contributed by atoms with Crippen LogP contribution in [0.4, 0.5) is 0 Å². The number of ether oxygens (including phenoxy) is 1. The summed E-state index contributed by atoms with van der Waals surface area (Å²) in [5.74, 6) is 0. The molecule has 0 saturated carbocycles. The average Bonchev–Trinajstić information content (AvgIpc) is 1.98. The van der Waals surface area contributed by atoms with Gasteiger partial charge in [0.1, 0.15) is 0 Å². The first-order valence-corrected chi connectivity index (χ1v) is 4.90. The quantitative estimate of drug-likeness (QED) is 0.610. The zero-order valence-corrected chi connectivity index (χ0v) is 9.13. The van der Waals surface area contributed by atoms with Gasteiger partial charge in [-0.05, 0) is 33.9 Å². The molecule has 0 rings (SSSR count). The third kappa shape index (κ3) is 5.56. The molecule has 0 heterocycles. The Kier molecular flexibility index (Phi) is 6.39. The van der Waals surface area contributed by atoms with Crippen molar-refractivity contribution in [2.24, 2.45) is 0 Å². The lowest BCUT2D eigenvalue weighted by Crippen LogP contribution is -2.29. The van der Waals surface area contributed by atoms with Gasteiger partial charge in [-0.25, -0.2) is 0 Å². The van der Waals surface area contributed by atoms with Crippen molar-refractivity contribution < 1.29 is 4.74 Å². The Morgan fingerprint density at radius 1 is 1.17 bits per heavy atom. The van der Waals surface area contributed by atoms with Gasteiger partial charge in [0.2, 0.25) is 0 Å². The molecule has 2 heteroatoms. The zero-order valence-electron chi connectivity index (χ0n) is 9.13. The lowest BCUT2D eigenvalue weighted by molar-refractivity contribution is -0.0163. The van der Waals surface area contributed by atoms with Crippen LogP contribution in [0.1, 0.15) is 33.6 Å². The molecule has 0 fully saturated rings. The highest BCUT2D eigenvalue weighted by Gasteiger charge is 2.09. The molecule has 0 bridgehead atoms. The highest BCUT2D eigenvalue weighted by atomic mass is 16.5. The van der Waals surface area contributed by atoms with E-state index in [9.17, 15) is 0 Å². The van der Waals surface area contributed by atoms with Crippen LogP contribution >= 0.6 is 0 Å². The molecule has 0 aliphatic heterocycles. The third-order valence-electron chi connectivity index (χ3n) is 1.96. The molecule has 0 radical (unpaired) electrons. The molecule has 1 atom stereocenters. The number of nitrogens with zero attached hydrogens (tertiary/aromatic N) is 1. The monoisotopic (exact) mass is 173 g/mol. The van der Waals surface area contributed by atoms with Crippen LogP contribution in [-0.4, -0.2) is 37.7 Å². The van der Waals surface area contributed by atoms with Crippen LogP contribution < -0.4 is 0 Å². The molecule has 0 aromatic carbocycles. The fraction of sp³-hybridized carbons (Fsp3) is 1.00. The predicted octanol–water partition coefficient (Wildman–Crippen LogP) is 2.14. The van der Waals surface area contributed by atoms with E-state index in [4.69, 9.17) is 4.74 Å². The minimum atomic E-state index is 0.352. The maximum absolute atomic E-state index is 5.82. The van der Waals surface area contributed by atoms with E-state index in [1.807, 2.05) is 0 Å². The first kappa shape index (κ1) is 11.9. The standard InChI is InChI=1S/C10H23NO/c1-6-10(7-2)12-9(3)8-11(4)5/h9-10H,6-8H2,1-5H3. The van der Waals surface area contributed by atoms with E-state index in [0.29, 0.717) is 12.2 Å². The molecule has 0 spiro atoms. The van der Waals surface area contributed by atoms with Crippen LogP contribution in [0.25, 0.3) is 0 Å². The molecule has 12 heavy (non-hydrogen) atoms. The smallest absolute Gasteiger partial charge is 0.0677 e. The van der Waals surface area contributed by atoms with Crippen LogP contribution in [-0.2, 0) is 4.74 Å². The van der Waals surface area contributed by atoms with Gasteiger partial charge < -0.3 is 9.64 Å². The number of rotatable bonds is 6. The summed E-state index contributed by atoms with van der Waals surface area (Å²) < 4.78 is 5.82. The molecule has 0 amide bonds. The molecule has 74 valence electrons. The predicted molar refractivity (Wildman–Crippen MR) is 53.5 cm³/mol. The first-order valence-electron chi connectivity index (χ1n) is 4.90. The Labute approximate surface area is 76.9 Å². The van der Waals surface area contributed by atoms with Crippen molar-refractivity contribution in [2.75, 3.05) is 20.6 Å². The SMILES string of the molecule is CCC(CC)OC(C)CN(C)C. The second kappa shape index (κ2) is 6.44. The van der Waals surface area contributed by atoms with Gasteiger partial charge in [0.15, 0.2) is 0 Å². The average molecular weight is 173 g/mol. The van der Waals surface area contributed by atoms with Gasteiger partial charge in [0.25, 0.3) is 0 Å². The molecule has 0 saturated heterocycles. The Morgan fingerprint density at radius 3 is 2.00 bits per heavy atom. The molecular formula is C10H23NO. The molecule has 0 aromatic rings. The van der Waals surface area contributed by atoms with Crippen LogP contribution in [0.15, 0.2) is 0 Å². The van der Waals surface area contributed by atoms with Crippen molar-refractivity contribution in [3.63, 3.8) is 0 Å². The summed E-state index contributed by atoms with van der Waals surface area (Å²) in [4.78, 5) is 2.16. The van der Waals surface area contributed by atoms with E-state index >= 15 is 0 Å². The summed E-state index contributed by atoms with van der Waals surface area (Å²) in [7, 11) is 4.15. The molecule has 0 aliphatic rings. The summed E-state index contributed by atoms with van der Waals surface area (Å²) in [6.45, 7) is 7.50. The van der Waals surface area contributed by atoms with Crippen molar-refractivity contribution in [3.05, 3.63) is 0 Å².